The molecule has 0 amide bonds. The van der Waals surface area contributed by atoms with Crippen LogP contribution in [0.25, 0.3) is 0 Å². The molecule has 0 aromatic heterocycles. The predicted octanol–water partition coefficient (Wildman–Crippen LogP) is 1.81. The van der Waals surface area contributed by atoms with Gasteiger partial charge in [0.15, 0.2) is 0 Å². The summed E-state index contributed by atoms with van der Waals surface area (Å²) in [6.07, 6.45) is 2.92. The van der Waals surface area contributed by atoms with E-state index >= 15 is 0 Å². The highest BCUT2D eigenvalue weighted by molar-refractivity contribution is 7.73. The largest absolute Gasteiger partial charge is 0.232 e. The van der Waals surface area contributed by atoms with Gasteiger partial charge in [-0.2, -0.15) is 0 Å². The van der Waals surface area contributed by atoms with Gasteiger partial charge in [-0.3, -0.25) is 0 Å². The van der Waals surface area contributed by atoms with Crippen molar-refractivity contribution in [3.8, 4) is 0 Å². The zero-order valence-corrected chi connectivity index (χ0v) is 8.43. The lowest BCUT2D eigenvalue weighted by atomic mass is 10.1. The molecule has 11 heavy (non-hydrogen) atoms. The van der Waals surface area contributed by atoms with Gasteiger partial charge < -0.3 is 0 Å². The van der Waals surface area contributed by atoms with Crippen LogP contribution in [0, 0.1) is 5.92 Å². The molecule has 0 aliphatic carbocycles. The number of hydrogen-bond donors (Lipinski definition) is 1. The Morgan fingerprint density at radius 2 is 1.82 bits per heavy atom. The normalized spacial score (nSPS) is 14.3. The van der Waals surface area contributed by atoms with Gasteiger partial charge >= 0.3 is 0 Å². The quantitative estimate of drug-likeness (QED) is 0.651. The van der Waals surface area contributed by atoms with Crippen molar-refractivity contribution >= 4 is 10.7 Å². The molecule has 0 aliphatic heterocycles. The third kappa shape index (κ3) is 4.40. The van der Waals surface area contributed by atoms with Crippen LogP contribution in [0.2, 0.25) is 0 Å². The van der Waals surface area contributed by atoms with Crippen molar-refractivity contribution in [1.29, 1.82) is 0 Å². The zero-order valence-electron chi connectivity index (χ0n) is 7.54. The van der Waals surface area contributed by atoms with Gasteiger partial charge in [-0.15, -0.1) is 0 Å². The van der Waals surface area contributed by atoms with Crippen molar-refractivity contribution in [2.75, 3.05) is 0 Å². The van der Waals surface area contributed by atoms with E-state index in [0.717, 1.165) is 19.3 Å². The predicted molar refractivity (Wildman–Crippen MR) is 48.5 cm³/mol. The second kappa shape index (κ2) is 5.58. The maximum absolute atomic E-state index is 10.7. The van der Waals surface area contributed by atoms with E-state index in [-0.39, 0.29) is 11.2 Å². The maximum Gasteiger partial charge on any atom is 0.143 e. The van der Waals surface area contributed by atoms with Gasteiger partial charge in [-0.05, 0) is 12.3 Å². The Kier molecular flexibility index (Phi) is 5.56. The fraction of sp³-hybridized carbons (Fsp3) is 1.00. The van der Waals surface area contributed by atoms with Crippen molar-refractivity contribution in [2.24, 2.45) is 5.92 Å². The van der Waals surface area contributed by atoms with Crippen LogP contribution in [-0.4, -0.2) is 13.7 Å². The molecule has 0 bridgehead atoms. The van der Waals surface area contributed by atoms with E-state index in [4.69, 9.17) is 0 Å². The molecule has 0 rings (SSSR count). The lowest BCUT2D eigenvalue weighted by molar-refractivity contribution is 0.512. The van der Waals surface area contributed by atoms with Crippen molar-refractivity contribution in [3.05, 3.63) is 0 Å². The molecule has 2 nitrogen and oxygen atoms in total. The average molecular weight is 178 g/mol. The van der Waals surface area contributed by atoms with Crippen LogP contribution in [0.5, 0.6) is 0 Å². The molecule has 0 aliphatic rings. The molecule has 0 N–H and O–H groups in total. The fourth-order valence-electron chi connectivity index (χ4n) is 1.10. The minimum atomic E-state index is -2.21. The molecule has 68 valence electrons. The Hall–Kier alpha value is -0.0500. The van der Waals surface area contributed by atoms with Crippen molar-refractivity contribution < 1.29 is 8.42 Å². The molecule has 3 heteroatoms. The highest BCUT2D eigenvalue weighted by Crippen LogP contribution is 2.12. The van der Waals surface area contributed by atoms with Crippen LogP contribution in [0.3, 0.4) is 0 Å². The Morgan fingerprint density at radius 1 is 1.27 bits per heavy atom. The van der Waals surface area contributed by atoms with Crippen molar-refractivity contribution in [2.45, 2.75) is 45.3 Å². The highest BCUT2D eigenvalue weighted by Gasteiger charge is 2.14. The molecule has 0 aromatic carbocycles. The molecule has 0 saturated carbocycles. The summed E-state index contributed by atoms with van der Waals surface area (Å²) >= 11 is 0. The Morgan fingerprint density at radius 3 is 2.09 bits per heavy atom. The molecular weight excluding hydrogens is 160 g/mol. The van der Waals surface area contributed by atoms with E-state index in [0.29, 0.717) is 0 Å². The summed E-state index contributed by atoms with van der Waals surface area (Å²) in [6, 6.07) is 0. The van der Waals surface area contributed by atoms with E-state index in [1.165, 1.54) is 0 Å². The molecule has 0 heterocycles. The summed E-state index contributed by atoms with van der Waals surface area (Å²) in [6.45, 7) is 6.01. The molecular formula is C8H18O2S. The molecule has 0 aromatic rings. The first kappa shape index (κ1) is 11.0. The molecule has 0 fully saturated rings. The summed E-state index contributed by atoms with van der Waals surface area (Å²) < 4.78 is 21.4. The van der Waals surface area contributed by atoms with Gasteiger partial charge in [0.05, 0.1) is 5.25 Å². The first-order valence-electron chi connectivity index (χ1n) is 4.23. The third-order valence-electron chi connectivity index (χ3n) is 1.89. The van der Waals surface area contributed by atoms with Crippen LogP contribution >= 0.6 is 0 Å². The summed E-state index contributed by atoms with van der Waals surface area (Å²) in [5.41, 5.74) is 0. The SMILES string of the molecule is CCCCC(C(C)C)[SH](=O)=O. The van der Waals surface area contributed by atoms with E-state index in [1.54, 1.807) is 0 Å². The van der Waals surface area contributed by atoms with Crippen LogP contribution in [0.4, 0.5) is 0 Å². The van der Waals surface area contributed by atoms with Gasteiger partial charge in [0, 0.05) is 0 Å². The summed E-state index contributed by atoms with van der Waals surface area (Å²) in [5.74, 6) is 0.266. The molecule has 1 atom stereocenters. The van der Waals surface area contributed by atoms with Gasteiger partial charge in [-0.1, -0.05) is 33.6 Å². The second-order valence-electron chi connectivity index (χ2n) is 3.24. The zero-order chi connectivity index (χ0) is 8.85. The maximum atomic E-state index is 10.7. The Labute approximate surface area is 71.0 Å². The minimum absolute atomic E-state index is 0.107. The smallest absolute Gasteiger partial charge is 0.143 e. The summed E-state index contributed by atoms with van der Waals surface area (Å²) in [5, 5.41) is -0.107. The van der Waals surface area contributed by atoms with Gasteiger partial charge in [0.25, 0.3) is 0 Å². The fourth-order valence-corrected chi connectivity index (χ4v) is 1.98. The van der Waals surface area contributed by atoms with Crippen LogP contribution in [0.15, 0.2) is 0 Å². The van der Waals surface area contributed by atoms with Gasteiger partial charge in [-0.25, -0.2) is 8.42 Å². The first-order valence-corrected chi connectivity index (χ1v) is 5.47. The molecule has 0 radical (unpaired) electrons. The van der Waals surface area contributed by atoms with Gasteiger partial charge in [0.1, 0.15) is 10.7 Å². The second-order valence-corrected chi connectivity index (χ2v) is 4.47. The standard InChI is InChI=1S/C8H18O2S/c1-4-5-6-8(7(2)3)11(9)10/h7-8,11H,4-6H2,1-3H3. The van der Waals surface area contributed by atoms with E-state index in [9.17, 15) is 8.42 Å². The molecule has 0 saturated heterocycles. The number of thiol groups is 1. The topological polar surface area (TPSA) is 34.1 Å². The minimum Gasteiger partial charge on any atom is -0.232 e. The third-order valence-corrected chi connectivity index (χ3v) is 3.29. The Balaban J connectivity index is 3.90. The van der Waals surface area contributed by atoms with Crippen molar-refractivity contribution in [1.82, 2.24) is 0 Å². The highest BCUT2D eigenvalue weighted by atomic mass is 32.2. The Bertz CT molecular complexity index is 153. The van der Waals surface area contributed by atoms with E-state index < -0.39 is 10.7 Å². The number of unbranched alkanes of at least 4 members (excludes halogenated alkanes) is 1. The van der Waals surface area contributed by atoms with E-state index in [1.807, 2.05) is 13.8 Å². The first-order chi connectivity index (χ1) is 5.09. The average Bonchev–Trinajstić information content (AvgIpc) is 1.87. The van der Waals surface area contributed by atoms with Crippen LogP contribution in [-0.2, 0) is 10.7 Å². The van der Waals surface area contributed by atoms with E-state index in [2.05, 4.69) is 6.92 Å². The van der Waals surface area contributed by atoms with Gasteiger partial charge in [0.2, 0.25) is 0 Å². The molecule has 0 spiro atoms. The lowest BCUT2D eigenvalue weighted by Gasteiger charge is -2.12. The molecule has 1 unspecified atom stereocenters. The number of rotatable bonds is 5. The lowest BCUT2D eigenvalue weighted by Crippen LogP contribution is -2.16. The summed E-state index contributed by atoms with van der Waals surface area (Å²) in [7, 11) is -2.21. The van der Waals surface area contributed by atoms with Crippen molar-refractivity contribution in [3.63, 3.8) is 0 Å². The van der Waals surface area contributed by atoms with Crippen LogP contribution in [0.1, 0.15) is 40.0 Å². The summed E-state index contributed by atoms with van der Waals surface area (Å²) in [4.78, 5) is 0. The number of hydrogen-bond acceptors (Lipinski definition) is 2. The van der Waals surface area contributed by atoms with Crippen LogP contribution < -0.4 is 0 Å². The monoisotopic (exact) mass is 178 g/mol.